The third-order valence-electron chi connectivity index (χ3n) is 4.03. The molecule has 2 unspecified atom stereocenters. The highest BCUT2D eigenvalue weighted by molar-refractivity contribution is 5.90. The molecule has 2 atom stereocenters. The van der Waals surface area contributed by atoms with Gasteiger partial charge in [-0.15, -0.1) is 0 Å². The maximum Gasteiger partial charge on any atom is 0.245 e. The predicted octanol–water partition coefficient (Wildman–Crippen LogP) is 0.644. The van der Waals surface area contributed by atoms with Gasteiger partial charge in [-0.25, -0.2) is 0 Å². The van der Waals surface area contributed by atoms with Crippen LogP contribution in [0.2, 0.25) is 0 Å². The van der Waals surface area contributed by atoms with Crippen molar-refractivity contribution >= 4 is 11.8 Å². The number of amides is 2. The standard InChI is InChI=1S/C14H25N3O2/c1-10(2)17(9-11-5-3-4-8-15-11)14(19)12-6-7-13(18)16-12/h10-12,15H,3-9H2,1-2H3,(H,16,18). The maximum atomic E-state index is 12.5. The van der Waals surface area contributed by atoms with E-state index in [1.165, 1.54) is 12.8 Å². The summed E-state index contributed by atoms with van der Waals surface area (Å²) in [6.07, 6.45) is 4.71. The van der Waals surface area contributed by atoms with Gasteiger partial charge in [0.2, 0.25) is 11.8 Å². The molecule has 0 saturated carbocycles. The van der Waals surface area contributed by atoms with Crippen LogP contribution >= 0.6 is 0 Å². The quantitative estimate of drug-likeness (QED) is 0.786. The number of hydrogen-bond acceptors (Lipinski definition) is 3. The van der Waals surface area contributed by atoms with E-state index in [0.29, 0.717) is 18.9 Å². The molecule has 2 fully saturated rings. The van der Waals surface area contributed by atoms with Crippen molar-refractivity contribution in [2.24, 2.45) is 0 Å². The Morgan fingerprint density at radius 2 is 2.16 bits per heavy atom. The van der Waals surface area contributed by atoms with Crippen LogP contribution in [0.3, 0.4) is 0 Å². The molecule has 0 aliphatic carbocycles. The summed E-state index contributed by atoms with van der Waals surface area (Å²) < 4.78 is 0. The molecule has 2 amide bonds. The molecular formula is C14H25N3O2. The molecule has 2 N–H and O–H groups in total. The van der Waals surface area contributed by atoms with Gasteiger partial charge in [-0.1, -0.05) is 6.42 Å². The van der Waals surface area contributed by atoms with Crippen LogP contribution in [0.1, 0.15) is 46.0 Å². The lowest BCUT2D eigenvalue weighted by Crippen LogP contribution is -2.53. The molecule has 108 valence electrons. The third-order valence-corrected chi connectivity index (χ3v) is 4.03. The lowest BCUT2D eigenvalue weighted by Gasteiger charge is -2.34. The van der Waals surface area contributed by atoms with Gasteiger partial charge in [0.1, 0.15) is 6.04 Å². The van der Waals surface area contributed by atoms with E-state index in [0.717, 1.165) is 19.5 Å². The normalized spacial score (nSPS) is 27.4. The van der Waals surface area contributed by atoms with Gasteiger partial charge >= 0.3 is 0 Å². The molecular weight excluding hydrogens is 242 g/mol. The van der Waals surface area contributed by atoms with E-state index in [4.69, 9.17) is 0 Å². The number of rotatable bonds is 4. The number of carbonyl (C=O) groups is 2. The zero-order chi connectivity index (χ0) is 13.8. The van der Waals surface area contributed by atoms with Crippen molar-refractivity contribution in [2.75, 3.05) is 13.1 Å². The van der Waals surface area contributed by atoms with Crippen LogP contribution in [0.4, 0.5) is 0 Å². The van der Waals surface area contributed by atoms with Gasteiger partial charge in [0.15, 0.2) is 0 Å². The SMILES string of the molecule is CC(C)N(CC1CCCCN1)C(=O)C1CCC(=O)N1. The Bertz CT molecular complexity index is 338. The molecule has 2 aliphatic heterocycles. The fraction of sp³-hybridized carbons (Fsp3) is 0.857. The summed E-state index contributed by atoms with van der Waals surface area (Å²) in [6.45, 7) is 5.88. The fourth-order valence-corrected chi connectivity index (χ4v) is 2.87. The van der Waals surface area contributed by atoms with Crippen molar-refractivity contribution in [1.29, 1.82) is 0 Å². The lowest BCUT2D eigenvalue weighted by molar-refractivity contribution is -0.136. The maximum absolute atomic E-state index is 12.5. The topological polar surface area (TPSA) is 61.4 Å². The molecule has 0 aromatic heterocycles. The second-order valence-electron chi connectivity index (χ2n) is 5.89. The molecule has 0 radical (unpaired) electrons. The summed E-state index contributed by atoms with van der Waals surface area (Å²) in [7, 11) is 0. The minimum Gasteiger partial charge on any atom is -0.344 e. The zero-order valence-electron chi connectivity index (χ0n) is 11.9. The first-order valence-corrected chi connectivity index (χ1v) is 7.41. The van der Waals surface area contributed by atoms with Crippen LogP contribution in [-0.2, 0) is 9.59 Å². The Kier molecular flexibility index (Phi) is 4.80. The monoisotopic (exact) mass is 267 g/mol. The summed E-state index contributed by atoms with van der Waals surface area (Å²) in [6, 6.07) is 0.268. The van der Waals surface area contributed by atoms with Crippen molar-refractivity contribution in [3.63, 3.8) is 0 Å². The molecule has 19 heavy (non-hydrogen) atoms. The molecule has 0 spiro atoms. The molecule has 2 saturated heterocycles. The lowest BCUT2D eigenvalue weighted by atomic mass is 10.0. The Labute approximate surface area is 115 Å². The van der Waals surface area contributed by atoms with Gasteiger partial charge in [-0.2, -0.15) is 0 Å². The largest absolute Gasteiger partial charge is 0.344 e. The van der Waals surface area contributed by atoms with Crippen molar-refractivity contribution < 1.29 is 9.59 Å². The van der Waals surface area contributed by atoms with Crippen molar-refractivity contribution in [1.82, 2.24) is 15.5 Å². The van der Waals surface area contributed by atoms with Crippen molar-refractivity contribution in [3.8, 4) is 0 Å². The van der Waals surface area contributed by atoms with E-state index >= 15 is 0 Å². The van der Waals surface area contributed by atoms with E-state index < -0.39 is 0 Å². The Hall–Kier alpha value is -1.10. The fourth-order valence-electron chi connectivity index (χ4n) is 2.87. The van der Waals surface area contributed by atoms with Gasteiger partial charge in [0.25, 0.3) is 0 Å². The number of carbonyl (C=O) groups excluding carboxylic acids is 2. The van der Waals surface area contributed by atoms with Crippen LogP contribution in [0.5, 0.6) is 0 Å². The van der Waals surface area contributed by atoms with E-state index in [1.807, 2.05) is 18.7 Å². The molecule has 5 heteroatoms. The Morgan fingerprint density at radius 3 is 2.68 bits per heavy atom. The molecule has 2 heterocycles. The first-order chi connectivity index (χ1) is 9.08. The van der Waals surface area contributed by atoms with Gasteiger partial charge in [0, 0.05) is 25.0 Å². The number of hydrogen-bond donors (Lipinski definition) is 2. The summed E-state index contributed by atoms with van der Waals surface area (Å²) >= 11 is 0. The van der Waals surface area contributed by atoms with E-state index in [-0.39, 0.29) is 23.9 Å². The molecule has 2 aliphatic rings. The molecule has 2 rings (SSSR count). The van der Waals surface area contributed by atoms with Gasteiger partial charge in [0.05, 0.1) is 0 Å². The highest BCUT2D eigenvalue weighted by Gasteiger charge is 2.32. The molecule has 0 aromatic carbocycles. The Morgan fingerprint density at radius 1 is 1.37 bits per heavy atom. The number of nitrogens with zero attached hydrogens (tertiary/aromatic N) is 1. The van der Waals surface area contributed by atoms with Gasteiger partial charge < -0.3 is 15.5 Å². The molecule has 0 bridgehead atoms. The zero-order valence-corrected chi connectivity index (χ0v) is 11.9. The third kappa shape index (κ3) is 3.69. The second-order valence-corrected chi connectivity index (χ2v) is 5.89. The average Bonchev–Trinajstić information content (AvgIpc) is 2.83. The highest BCUT2D eigenvalue weighted by Crippen LogP contribution is 2.15. The number of nitrogens with one attached hydrogen (secondary N) is 2. The van der Waals surface area contributed by atoms with E-state index in [9.17, 15) is 9.59 Å². The molecule has 0 aromatic rings. The van der Waals surface area contributed by atoms with Crippen LogP contribution < -0.4 is 10.6 Å². The van der Waals surface area contributed by atoms with E-state index in [2.05, 4.69) is 10.6 Å². The van der Waals surface area contributed by atoms with Gasteiger partial charge in [-0.3, -0.25) is 9.59 Å². The minimum atomic E-state index is -0.307. The van der Waals surface area contributed by atoms with Crippen molar-refractivity contribution in [3.05, 3.63) is 0 Å². The number of piperidine rings is 1. The summed E-state index contributed by atoms with van der Waals surface area (Å²) in [5.41, 5.74) is 0. The first kappa shape index (κ1) is 14.3. The molecule has 5 nitrogen and oxygen atoms in total. The minimum absolute atomic E-state index is 0.00199. The summed E-state index contributed by atoms with van der Waals surface area (Å²) in [4.78, 5) is 25.7. The van der Waals surface area contributed by atoms with Gasteiger partial charge in [-0.05, 0) is 39.7 Å². The van der Waals surface area contributed by atoms with Crippen LogP contribution in [0, 0.1) is 0 Å². The Balaban J connectivity index is 1.94. The van der Waals surface area contributed by atoms with Crippen LogP contribution in [0.25, 0.3) is 0 Å². The van der Waals surface area contributed by atoms with Crippen LogP contribution in [0.15, 0.2) is 0 Å². The van der Waals surface area contributed by atoms with Crippen molar-refractivity contribution in [2.45, 2.75) is 64.1 Å². The summed E-state index contributed by atoms with van der Waals surface area (Å²) in [5, 5.41) is 6.25. The second kappa shape index (κ2) is 6.37. The average molecular weight is 267 g/mol. The highest BCUT2D eigenvalue weighted by atomic mass is 16.2. The smallest absolute Gasteiger partial charge is 0.245 e. The van der Waals surface area contributed by atoms with E-state index in [1.54, 1.807) is 0 Å². The first-order valence-electron chi connectivity index (χ1n) is 7.41. The summed E-state index contributed by atoms with van der Waals surface area (Å²) in [5.74, 6) is 0.0751. The van der Waals surface area contributed by atoms with Crippen LogP contribution in [-0.4, -0.2) is 47.9 Å². The predicted molar refractivity (Wildman–Crippen MR) is 73.7 cm³/mol.